The maximum absolute atomic E-state index is 11.3. The van der Waals surface area contributed by atoms with Crippen LogP contribution in [0.5, 0.6) is 5.75 Å². The van der Waals surface area contributed by atoms with Gasteiger partial charge in [-0.15, -0.1) is 0 Å². The van der Waals surface area contributed by atoms with Crippen molar-refractivity contribution >= 4 is 16.7 Å². The zero-order chi connectivity index (χ0) is 14.5. The molecule has 0 aliphatic heterocycles. The van der Waals surface area contributed by atoms with Gasteiger partial charge in [0.15, 0.2) is 0 Å². The van der Waals surface area contributed by atoms with E-state index in [1.54, 1.807) is 6.92 Å². The van der Waals surface area contributed by atoms with Crippen molar-refractivity contribution in [1.82, 2.24) is 5.32 Å². The number of esters is 1. The normalized spacial score (nSPS) is 12.3. The number of nitrogens with one attached hydrogen (secondary N) is 1. The Morgan fingerprint density at radius 3 is 2.80 bits per heavy atom. The lowest BCUT2D eigenvalue weighted by molar-refractivity contribution is -0.142. The number of carbonyl (C=O) groups is 1. The summed E-state index contributed by atoms with van der Waals surface area (Å²) in [5.41, 5.74) is 0.771. The van der Waals surface area contributed by atoms with Gasteiger partial charge in [0, 0.05) is 17.0 Å². The lowest BCUT2D eigenvalue weighted by Crippen LogP contribution is -2.27. The number of phenolic OH excluding ortho intramolecular Hbond substituents is 1. The van der Waals surface area contributed by atoms with Crippen LogP contribution in [-0.4, -0.2) is 24.2 Å². The van der Waals surface area contributed by atoms with Crippen LogP contribution in [0.25, 0.3) is 10.8 Å². The number of ether oxygens (including phenoxy) is 1. The third-order valence-corrected chi connectivity index (χ3v) is 3.26. The van der Waals surface area contributed by atoms with Gasteiger partial charge in [-0.3, -0.25) is 4.79 Å². The van der Waals surface area contributed by atoms with Crippen molar-refractivity contribution in [2.24, 2.45) is 0 Å². The van der Waals surface area contributed by atoms with Gasteiger partial charge >= 0.3 is 5.97 Å². The first-order chi connectivity index (χ1) is 9.63. The van der Waals surface area contributed by atoms with Crippen molar-refractivity contribution in [2.45, 2.75) is 19.9 Å². The Balaban J connectivity index is 2.16. The number of fused-ring (bicyclic) bond motifs is 1. The number of rotatable bonds is 5. The Hall–Kier alpha value is -2.07. The third kappa shape index (κ3) is 3.08. The first kappa shape index (κ1) is 14.3. The standard InChI is InChI=1S/C16H19NO3/c1-3-20-15(18)10-17-11(2)13-9-8-12-6-4-5-7-14(12)16(13)19/h4-9,11,17,19H,3,10H2,1-2H3. The molecule has 0 radical (unpaired) electrons. The highest BCUT2D eigenvalue weighted by atomic mass is 16.5. The molecule has 0 aromatic heterocycles. The van der Waals surface area contributed by atoms with E-state index in [0.717, 1.165) is 16.3 Å². The van der Waals surface area contributed by atoms with E-state index in [4.69, 9.17) is 4.74 Å². The summed E-state index contributed by atoms with van der Waals surface area (Å²) in [7, 11) is 0. The third-order valence-electron chi connectivity index (χ3n) is 3.26. The van der Waals surface area contributed by atoms with Crippen molar-refractivity contribution in [1.29, 1.82) is 0 Å². The summed E-state index contributed by atoms with van der Waals surface area (Å²) in [4.78, 5) is 11.3. The quantitative estimate of drug-likeness (QED) is 0.822. The van der Waals surface area contributed by atoms with Crippen molar-refractivity contribution in [2.75, 3.05) is 13.2 Å². The van der Waals surface area contributed by atoms with Crippen LogP contribution in [0.1, 0.15) is 25.5 Å². The number of hydrogen-bond donors (Lipinski definition) is 2. The summed E-state index contributed by atoms with van der Waals surface area (Å²) < 4.78 is 4.86. The molecule has 2 N–H and O–H groups in total. The smallest absolute Gasteiger partial charge is 0.319 e. The van der Waals surface area contributed by atoms with E-state index in [1.165, 1.54) is 0 Å². The Morgan fingerprint density at radius 2 is 2.05 bits per heavy atom. The van der Waals surface area contributed by atoms with Gasteiger partial charge in [-0.05, 0) is 19.2 Å². The number of phenols is 1. The molecule has 1 unspecified atom stereocenters. The molecular formula is C16H19NO3. The van der Waals surface area contributed by atoms with Crippen LogP contribution in [0.15, 0.2) is 36.4 Å². The average Bonchev–Trinajstić information content (AvgIpc) is 2.46. The number of hydrogen-bond acceptors (Lipinski definition) is 4. The van der Waals surface area contributed by atoms with Gasteiger partial charge in [0.2, 0.25) is 0 Å². The van der Waals surface area contributed by atoms with E-state index in [9.17, 15) is 9.90 Å². The second kappa shape index (κ2) is 6.39. The molecule has 4 nitrogen and oxygen atoms in total. The van der Waals surface area contributed by atoms with E-state index < -0.39 is 0 Å². The lowest BCUT2D eigenvalue weighted by Gasteiger charge is -2.16. The van der Waals surface area contributed by atoms with E-state index in [0.29, 0.717) is 6.61 Å². The molecule has 1 atom stereocenters. The zero-order valence-corrected chi connectivity index (χ0v) is 11.7. The van der Waals surface area contributed by atoms with Crippen LogP contribution in [0.3, 0.4) is 0 Å². The molecule has 4 heteroatoms. The number of aromatic hydroxyl groups is 1. The van der Waals surface area contributed by atoms with E-state index in [-0.39, 0.29) is 24.3 Å². The average molecular weight is 273 g/mol. The highest BCUT2D eigenvalue weighted by Crippen LogP contribution is 2.32. The predicted molar refractivity (Wildman–Crippen MR) is 78.7 cm³/mol. The zero-order valence-electron chi connectivity index (χ0n) is 11.7. The highest BCUT2D eigenvalue weighted by Gasteiger charge is 2.13. The molecule has 20 heavy (non-hydrogen) atoms. The Kier molecular flexibility index (Phi) is 4.58. The summed E-state index contributed by atoms with van der Waals surface area (Å²) >= 11 is 0. The van der Waals surface area contributed by atoms with Crippen LogP contribution in [0.2, 0.25) is 0 Å². The van der Waals surface area contributed by atoms with E-state index >= 15 is 0 Å². The molecule has 2 aromatic rings. The molecule has 0 aliphatic rings. The van der Waals surface area contributed by atoms with Gasteiger partial charge in [0.25, 0.3) is 0 Å². The first-order valence-electron chi connectivity index (χ1n) is 6.73. The maximum Gasteiger partial charge on any atom is 0.319 e. The fraction of sp³-hybridized carbons (Fsp3) is 0.312. The van der Waals surface area contributed by atoms with Crippen molar-refractivity contribution in [3.63, 3.8) is 0 Å². The summed E-state index contributed by atoms with van der Waals surface area (Å²) in [5.74, 6) is -0.0356. The van der Waals surface area contributed by atoms with Gasteiger partial charge in [-0.2, -0.15) is 0 Å². The topological polar surface area (TPSA) is 58.6 Å². The molecule has 0 saturated heterocycles. The largest absolute Gasteiger partial charge is 0.507 e. The molecule has 0 heterocycles. The van der Waals surface area contributed by atoms with Crippen LogP contribution in [-0.2, 0) is 9.53 Å². The van der Waals surface area contributed by atoms with Crippen LogP contribution >= 0.6 is 0 Å². The fourth-order valence-electron chi connectivity index (χ4n) is 2.18. The first-order valence-corrected chi connectivity index (χ1v) is 6.73. The van der Waals surface area contributed by atoms with Crippen LogP contribution in [0, 0.1) is 0 Å². The SMILES string of the molecule is CCOC(=O)CNC(C)c1ccc2ccccc2c1O. The summed E-state index contributed by atoms with van der Waals surface area (Å²) in [6.07, 6.45) is 0. The molecule has 0 saturated carbocycles. The van der Waals surface area contributed by atoms with Crippen molar-refractivity contribution < 1.29 is 14.6 Å². The van der Waals surface area contributed by atoms with Gasteiger partial charge in [0.05, 0.1) is 13.2 Å². The van der Waals surface area contributed by atoms with Gasteiger partial charge in [0.1, 0.15) is 5.75 Å². The Morgan fingerprint density at radius 1 is 1.30 bits per heavy atom. The molecule has 0 bridgehead atoms. The maximum atomic E-state index is 11.3. The second-order valence-corrected chi connectivity index (χ2v) is 4.63. The lowest BCUT2D eigenvalue weighted by atomic mass is 10.0. The summed E-state index contributed by atoms with van der Waals surface area (Å²) in [5, 5.41) is 15.2. The minimum Gasteiger partial charge on any atom is -0.507 e. The Labute approximate surface area is 118 Å². The summed E-state index contributed by atoms with van der Waals surface area (Å²) in [6.45, 7) is 4.18. The second-order valence-electron chi connectivity index (χ2n) is 4.63. The molecule has 0 fully saturated rings. The molecular weight excluding hydrogens is 254 g/mol. The molecule has 0 spiro atoms. The molecule has 0 aliphatic carbocycles. The van der Waals surface area contributed by atoms with Crippen LogP contribution in [0.4, 0.5) is 0 Å². The molecule has 2 rings (SSSR count). The molecule has 2 aromatic carbocycles. The number of benzene rings is 2. The fourth-order valence-corrected chi connectivity index (χ4v) is 2.18. The Bertz CT molecular complexity index is 610. The van der Waals surface area contributed by atoms with Gasteiger partial charge in [-0.25, -0.2) is 0 Å². The van der Waals surface area contributed by atoms with Crippen molar-refractivity contribution in [3.05, 3.63) is 42.0 Å². The minimum atomic E-state index is -0.292. The minimum absolute atomic E-state index is 0.126. The van der Waals surface area contributed by atoms with E-state index in [1.807, 2.05) is 43.3 Å². The molecule has 0 amide bonds. The summed E-state index contributed by atoms with van der Waals surface area (Å²) in [6, 6.07) is 11.4. The number of carbonyl (C=O) groups excluding carboxylic acids is 1. The van der Waals surface area contributed by atoms with Gasteiger partial charge < -0.3 is 15.2 Å². The molecule has 106 valence electrons. The predicted octanol–water partition coefficient (Wildman–Crippen LogP) is 2.76. The monoisotopic (exact) mass is 273 g/mol. The van der Waals surface area contributed by atoms with Gasteiger partial charge in [-0.1, -0.05) is 36.4 Å². The van der Waals surface area contributed by atoms with Crippen LogP contribution < -0.4 is 5.32 Å². The highest BCUT2D eigenvalue weighted by molar-refractivity contribution is 5.89. The van der Waals surface area contributed by atoms with E-state index in [2.05, 4.69) is 5.32 Å². The van der Waals surface area contributed by atoms with Crippen molar-refractivity contribution in [3.8, 4) is 5.75 Å².